The van der Waals surface area contributed by atoms with E-state index in [4.69, 9.17) is 4.74 Å². The molecule has 112 valence electrons. The summed E-state index contributed by atoms with van der Waals surface area (Å²) in [6.45, 7) is 8.44. The molecule has 0 saturated heterocycles. The van der Waals surface area contributed by atoms with Gasteiger partial charge >= 0.3 is 0 Å². The molecule has 0 spiro atoms. The third-order valence-electron chi connectivity index (χ3n) is 4.08. The number of aromatic nitrogens is 1. The number of hydrogen-bond acceptors (Lipinski definition) is 3. The molecule has 1 aromatic rings. The van der Waals surface area contributed by atoms with E-state index in [1.165, 1.54) is 24.8 Å². The van der Waals surface area contributed by atoms with Gasteiger partial charge in [-0.15, -0.1) is 0 Å². The summed E-state index contributed by atoms with van der Waals surface area (Å²) in [5.74, 6) is 2.30. The largest absolute Gasteiger partial charge is 0.492 e. The Morgan fingerprint density at radius 1 is 1.35 bits per heavy atom. The lowest BCUT2D eigenvalue weighted by atomic mass is 9.89. The van der Waals surface area contributed by atoms with Gasteiger partial charge in [0.05, 0.1) is 12.8 Å². The highest BCUT2D eigenvalue weighted by Gasteiger charge is 2.28. The van der Waals surface area contributed by atoms with E-state index in [1.54, 1.807) is 0 Å². The monoisotopic (exact) mass is 276 g/mol. The molecule has 0 amide bonds. The molecule has 20 heavy (non-hydrogen) atoms. The molecule has 3 nitrogen and oxygen atoms in total. The van der Waals surface area contributed by atoms with E-state index in [0.29, 0.717) is 12.0 Å². The molecule has 1 N–H and O–H groups in total. The minimum absolute atomic E-state index is 0.564. The van der Waals surface area contributed by atoms with Crippen molar-refractivity contribution in [1.29, 1.82) is 0 Å². The first-order valence-electron chi connectivity index (χ1n) is 8.01. The lowest BCUT2D eigenvalue weighted by Crippen LogP contribution is -2.30. The normalized spacial score (nSPS) is 22.4. The molecule has 1 saturated carbocycles. The lowest BCUT2D eigenvalue weighted by molar-refractivity contribution is 0.315. The van der Waals surface area contributed by atoms with Gasteiger partial charge < -0.3 is 10.1 Å². The van der Waals surface area contributed by atoms with Crippen LogP contribution in [0, 0.1) is 5.92 Å². The van der Waals surface area contributed by atoms with Crippen molar-refractivity contribution >= 4 is 0 Å². The summed E-state index contributed by atoms with van der Waals surface area (Å²) >= 11 is 0. The summed E-state index contributed by atoms with van der Waals surface area (Å²) in [4.78, 5) is 4.37. The van der Waals surface area contributed by atoms with Crippen LogP contribution in [0.5, 0.6) is 5.75 Å². The van der Waals surface area contributed by atoms with Crippen LogP contribution in [-0.2, 0) is 0 Å². The Bertz CT molecular complexity index is 406. The van der Waals surface area contributed by atoms with Crippen molar-refractivity contribution in [3.05, 3.63) is 24.0 Å². The molecule has 0 bridgehead atoms. The van der Waals surface area contributed by atoms with Crippen molar-refractivity contribution in [3.8, 4) is 5.75 Å². The Morgan fingerprint density at radius 3 is 2.95 bits per heavy atom. The molecule has 0 aromatic carbocycles. The second-order valence-corrected chi connectivity index (χ2v) is 6.16. The average Bonchev–Trinajstić information content (AvgIpc) is 2.91. The molecule has 1 heterocycles. The zero-order chi connectivity index (χ0) is 14.4. The van der Waals surface area contributed by atoms with Gasteiger partial charge in [0.1, 0.15) is 5.75 Å². The van der Waals surface area contributed by atoms with Gasteiger partial charge in [-0.3, -0.25) is 4.98 Å². The third kappa shape index (κ3) is 4.20. The van der Waals surface area contributed by atoms with Crippen LogP contribution in [0.1, 0.15) is 57.9 Å². The highest BCUT2D eigenvalue weighted by atomic mass is 16.5. The summed E-state index contributed by atoms with van der Waals surface area (Å²) in [5.41, 5.74) is 1.35. The van der Waals surface area contributed by atoms with Crippen molar-refractivity contribution in [3.63, 3.8) is 0 Å². The van der Waals surface area contributed by atoms with Gasteiger partial charge in [-0.1, -0.05) is 27.2 Å². The van der Waals surface area contributed by atoms with E-state index in [0.717, 1.165) is 31.2 Å². The molecule has 1 aromatic heterocycles. The van der Waals surface area contributed by atoms with Gasteiger partial charge in [0.2, 0.25) is 0 Å². The van der Waals surface area contributed by atoms with E-state index in [-0.39, 0.29) is 0 Å². The Kier molecular flexibility index (Phi) is 5.84. The van der Waals surface area contributed by atoms with Crippen LogP contribution in [-0.4, -0.2) is 24.2 Å². The van der Waals surface area contributed by atoms with Crippen molar-refractivity contribution < 1.29 is 4.74 Å². The molecule has 2 rings (SSSR count). The predicted molar refractivity (Wildman–Crippen MR) is 83.2 cm³/mol. The molecule has 0 aliphatic heterocycles. The Labute approximate surface area is 123 Å². The lowest BCUT2D eigenvalue weighted by Gasteiger charge is -2.22. The standard InChI is InChI=1S/C17H28N2O/c1-4-8-20-16-9-15(10-18-12-16)17-7-5-6-14(17)11-19-13(2)3/h9-10,12-14,17,19H,4-8,11H2,1-3H3. The predicted octanol–water partition coefficient (Wildman–Crippen LogP) is 3.75. The summed E-state index contributed by atoms with van der Waals surface area (Å²) in [7, 11) is 0. The van der Waals surface area contributed by atoms with Crippen LogP contribution in [0.25, 0.3) is 0 Å². The number of nitrogens with one attached hydrogen (secondary N) is 1. The van der Waals surface area contributed by atoms with E-state index in [9.17, 15) is 0 Å². The minimum atomic E-state index is 0.564. The van der Waals surface area contributed by atoms with Crippen molar-refractivity contribution in [2.45, 2.75) is 58.4 Å². The van der Waals surface area contributed by atoms with Crippen molar-refractivity contribution in [2.24, 2.45) is 5.92 Å². The zero-order valence-electron chi connectivity index (χ0n) is 13.1. The number of hydrogen-bond donors (Lipinski definition) is 1. The van der Waals surface area contributed by atoms with Gasteiger partial charge in [-0.25, -0.2) is 0 Å². The fraction of sp³-hybridized carbons (Fsp3) is 0.706. The SMILES string of the molecule is CCCOc1cncc(C2CCCC2CNC(C)C)c1. The maximum absolute atomic E-state index is 5.71. The van der Waals surface area contributed by atoms with E-state index in [2.05, 4.69) is 37.1 Å². The third-order valence-corrected chi connectivity index (χ3v) is 4.08. The molecule has 2 unspecified atom stereocenters. The maximum atomic E-state index is 5.71. The Balaban J connectivity index is 2.01. The molecule has 2 atom stereocenters. The van der Waals surface area contributed by atoms with Gasteiger partial charge in [0, 0.05) is 12.2 Å². The van der Waals surface area contributed by atoms with Gasteiger partial charge in [-0.2, -0.15) is 0 Å². The first kappa shape index (κ1) is 15.3. The molecule has 1 aliphatic rings. The Morgan fingerprint density at radius 2 is 2.20 bits per heavy atom. The fourth-order valence-electron chi connectivity index (χ4n) is 3.04. The zero-order valence-corrected chi connectivity index (χ0v) is 13.1. The second-order valence-electron chi connectivity index (χ2n) is 6.16. The van der Waals surface area contributed by atoms with E-state index < -0.39 is 0 Å². The van der Waals surface area contributed by atoms with Crippen LogP contribution in [0.15, 0.2) is 18.5 Å². The summed E-state index contributed by atoms with van der Waals surface area (Å²) in [6, 6.07) is 2.76. The van der Waals surface area contributed by atoms with Crippen molar-refractivity contribution in [2.75, 3.05) is 13.2 Å². The number of pyridine rings is 1. The van der Waals surface area contributed by atoms with Gasteiger partial charge in [0.15, 0.2) is 0 Å². The van der Waals surface area contributed by atoms with Crippen LogP contribution in [0.2, 0.25) is 0 Å². The minimum Gasteiger partial charge on any atom is -0.492 e. The molecule has 1 fully saturated rings. The fourth-order valence-corrected chi connectivity index (χ4v) is 3.04. The summed E-state index contributed by atoms with van der Waals surface area (Å²) < 4.78 is 5.71. The maximum Gasteiger partial charge on any atom is 0.137 e. The van der Waals surface area contributed by atoms with Crippen LogP contribution in [0.4, 0.5) is 0 Å². The van der Waals surface area contributed by atoms with Crippen LogP contribution in [0.3, 0.4) is 0 Å². The molecular formula is C17H28N2O. The van der Waals surface area contributed by atoms with Gasteiger partial charge in [-0.05, 0) is 49.3 Å². The highest BCUT2D eigenvalue weighted by Crippen LogP contribution is 2.39. The number of ether oxygens (including phenoxy) is 1. The number of rotatable bonds is 7. The van der Waals surface area contributed by atoms with Crippen LogP contribution < -0.4 is 10.1 Å². The quantitative estimate of drug-likeness (QED) is 0.823. The summed E-state index contributed by atoms with van der Waals surface area (Å²) in [5, 5.41) is 3.58. The van der Waals surface area contributed by atoms with Crippen molar-refractivity contribution in [1.82, 2.24) is 10.3 Å². The first-order valence-corrected chi connectivity index (χ1v) is 8.01. The van der Waals surface area contributed by atoms with E-state index >= 15 is 0 Å². The Hall–Kier alpha value is -1.09. The molecule has 1 aliphatic carbocycles. The topological polar surface area (TPSA) is 34.1 Å². The van der Waals surface area contributed by atoms with Crippen LogP contribution >= 0.6 is 0 Å². The first-order chi connectivity index (χ1) is 9.70. The second kappa shape index (κ2) is 7.63. The molecular weight excluding hydrogens is 248 g/mol. The summed E-state index contributed by atoms with van der Waals surface area (Å²) in [6.07, 6.45) is 8.82. The smallest absolute Gasteiger partial charge is 0.137 e. The van der Waals surface area contributed by atoms with E-state index in [1.807, 2.05) is 12.4 Å². The molecule has 0 radical (unpaired) electrons. The van der Waals surface area contributed by atoms with Gasteiger partial charge in [0.25, 0.3) is 0 Å². The number of nitrogens with zero attached hydrogens (tertiary/aromatic N) is 1. The molecule has 3 heteroatoms. The average molecular weight is 276 g/mol. The highest BCUT2D eigenvalue weighted by molar-refractivity contribution is 5.27.